The molecule has 0 aliphatic heterocycles. The Kier molecular flexibility index (Phi) is 3.51. The van der Waals surface area contributed by atoms with Crippen LogP contribution in [0.1, 0.15) is 38.2 Å². The average Bonchev–Trinajstić information content (AvgIpc) is 2.61. The van der Waals surface area contributed by atoms with Gasteiger partial charge in [0.2, 0.25) is 11.5 Å². The number of nitrogens with zero attached hydrogens (tertiary/aromatic N) is 2. The van der Waals surface area contributed by atoms with Crippen LogP contribution in [0.2, 0.25) is 0 Å². The van der Waals surface area contributed by atoms with Gasteiger partial charge in [-0.1, -0.05) is 27.7 Å². The minimum atomic E-state index is -0.354. The van der Waals surface area contributed by atoms with Crippen LogP contribution in [0.3, 0.4) is 0 Å². The van der Waals surface area contributed by atoms with E-state index >= 15 is 0 Å². The molecule has 90 valence electrons. The molecule has 1 aromatic rings. The molecule has 0 saturated carbocycles. The molecule has 1 heterocycles. The fourth-order valence-electron chi connectivity index (χ4n) is 0.949. The van der Waals surface area contributed by atoms with Gasteiger partial charge in [-0.15, -0.1) is 0 Å². The summed E-state index contributed by atoms with van der Waals surface area (Å²) >= 11 is 0. The topological polar surface area (TPSA) is 94.0 Å². The van der Waals surface area contributed by atoms with Gasteiger partial charge in [-0.05, 0) is 21.6 Å². The van der Waals surface area contributed by atoms with Crippen LogP contribution in [0.15, 0.2) is 4.63 Å². The lowest BCUT2D eigenvalue weighted by Crippen LogP contribution is -2.37. The first-order valence-electron chi connectivity index (χ1n) is 5.21. The standard InChI is InChI=1S/C10H18N4O2/c1-6(2)10(3,4)5-12-9(15)7-8(11)14-16-13-7/h6H,5H2,1-4H3,(H2,11,14)(H,12,15). The summed E-state index contributed by atoms with van der Waals surface area (Å²) < 4.78 is 4.36. The molecule has 0 aromatic carbocycles. The zero-order chi connectivity index (χ0) is 12.3. The molecule has 16 heavy (non-hydrogen) atoms. The zero-order valence-corrected chi connectivity index (χ0v) is 10.1. The summed E-state index contributed by atoms with van der Waals surface area (Å²) in [7, 11) is 0. The lowest BCUT2D eigenvalue weighted by molar-refractivity contribution is 0.0915. The Morgan fingerprint density at radius 3 is 2.56 bits per heavy atom. The molecule has 3 N–H and O–H groups in total. The van der Waals surface area contributed by atoms with E-state index in [2.05, 4.69) is 48.0 Å². The summed E-state index contributed by atoms with van der Waals surface area (Å²) in [6.07, 6.45) is 0. The molecule has 0 atom stereocenters. The smallest absolute Gasteiger partial charge is 0.277 e. The molecule has 6 nitrogen and oxygen atoms in total. The Bertz CT molecular complexity index is 371. The maximum atomic E-state index is 11.6. The normalized spacial score (nSPS) is 11.8. The van der Waals surface area contributed by atoms with Crippen LogP contribution in [0, 0.1) is 11.3 Å². The molecule has 1 amide bonds. The van der Waals surface area contributed by atoms with E-state index in [0.717, 1.165) is 0 Å². The van der Waals surface area contributed by atoms with Crippen molar-refractivity contribution in [3.8, 4) is 0 Å². The van der Waals surface area contributed by atoms with E-state index in [0.29, 0.717) is 12.5 Å². The number of nitrogen functional groups attached to an aromatic ring is 1. The van der Waals surface area contributed by atoms with E-state index in [1.807, 2.05) is 0 Å². The number of aromatic nitrogens is 2. The summed E-state index contributed by atoms with van der Waals surface area (Å²) in [5.74, 6) is 0.118. The highest BCUT2D eigenvalue weighted by Crippen LogP contribution is 2.24. The van der Waals surface area contributed by atoms with E-state index in [1.165, 1.54) is 0 Å². The number of carbonyl (C=O) groups is 1. The third-order valence-electron chi connectivity index (χ3n) is 3.00. The van der Waals surface area contributed by atoms with E-state index in [-0.39, 0.29) is 22.8 Å². The third kappa shape index (κ3) is 2.71. The van der Waals surface area contributed by atoms with Crippen molar-refractivity contribution in [2.45, 2.75) is 27.7 Å². The monoisotopic (exact) mass is 226 g/mol. The number of hydrogen-bond donors (Lipinski definition) is 2. The van der Waals surface area contributed by atoms with Crippen LogP contribution < -0.4 is 11.1 Å². The highest BCUT2D eigenvalue weighted by molar-refractivity contribution is 5.95. The van der Waals surface area contributed by atoms with Crippen molar-refractivity contribution in [1.29, 1.82) is 0 Å². The number of hydrogen-bond acceptors (Lipinski definition) is 5. The Labute approximate surface area is 94.5 Å². The second-order valence-corrected chi connectivity index (χ2v) is 4.82. The van der Waals surface area contributed by atoms with Gasteiger partial charge in [0, 0.05) is 6.54 Å². The molecule has 1 aromatic heterocycles. The van der Waals surface area contributed by atoms with E-state index < -0.39 is 0 Å². The van der Waals surface area contributed by atoms with Crippen molar-refractivity contribution >= 4 is 11.7 Å². The lowest BCUT2D eigenvalue weighted by Gasteiger charge is -2.29. The van der Waals surface area contributed by atoms with E-state index in [9.17, 15) is 4.79 Å². The third-order valence-corrected chi connectivity index (χ3v) is 3.00. The first-order valence-corrected chi connectivity index (χ1v) is 5.21. The molecule has 0 spiro atoms. The quantitative estimate of drug-likeness (QED) is 0.800. The highest BCUT2D eigenvalue weighted by atomic mass is 16.6. The SMILES string of the molecule is CC(C)C(C)(C)CNC(=O)c1nonc1N. The van der Waals surface area contributed by atoms with Crippen molar-refractivity contribution < 1.29 is 9.42 Å². The number of carbonyl (C=O) groups excluding carboxylic acids is 1. The van der Waals surface area contributed by atoms with Gasteiger partial charge >= 0.3 is 0 Å². The summed E-state index contributed by atoms with van der Waals surface area (Å²) in [5, 5.41) is 9.55. The Hall–Kier alpha value is -1.59. The molecule has 1 rings (SSSR count). The number of rotatable bonds is 4. The van der Waals surface area contributed by atoms with Gasteiger partial charge in [-0.25, -0.2) is 4.63 Å². The largest absolute Gasteiger partial charge is 0.379 e. The predicted octanol–water partition coefficient (Wildman–Crippen LogP) is 1.06. The second kappa shape index (κ2) is 4.51. The predicted molar refractivity (Wildman–Crippen MR) is 59.7 cm³/mol. The number of nitrogens with two attached hydrogens (primary N) is 1. The zero-order valence-electron chi connectivity index (χ0n) is 10.1. The molecular weight excluding hydrogens is 208 g/mol. The van der Waals surface area contributed by atoms with E-state index in [1.54, 1.807) is 0 Å². The molecular formula is C10H18N4O2. The van der Waals surface area contributed by atoms with Gasteiger partial charge in [-0.2, -0.15) is 0 Å². The summed E-state index contributed by atoms with van der Waals surface area (Å²) in [6, 6.07) is 0. The maximum Gasteiger partial charge on any atom is 0.277 e. The molecule has 0 aliphatic rings. The average molecular weight is 226 g/mol. The van der Waals surface area contributed by atoms with Crippen LogP contribution in [-0.4, -0.2) is 22.8 Å². The Morgan fingerprint density at radius 1 is 1.50 bits per heavy atom. The van der Waals surface area contributed by atoms with Crippen molar-refractivity contribution in [3.63, 3.8) is 0 Å². The fraction of sp³-hybridized carbons (Fsp3) is 0.700. The van der Waals surface area contributed by atoms with Crippen molar-refractivity contribution in [1.82, 2.24) is 15.6 Å². The molecule has 0 radical (unpaired) electrons. The molecule has 0 bridgehead atoms. The van der Waals surface area contributed by atoms with Crippen molar-refractivity contribution in [3.05, 3.63) is 5.69 Å². The maximum absolute atomic E-state index is 11.6. The van der Waals surface area contributed by atoms with Crippen molar-refractivity contribution in [2.24, 2.45) is 11.3 Å². The molecule has 0 unspecified atom stereocenters. The molecule has 0 fully saturated rings. The summed E-state index contributed by atoms with van der Waals surface area (Å²) in [4.78, 5) is 11.6. The molecule has 0 saturated heterocycles. The van der Waals surface area contributed by atoms with Gasteiger partial charge in [0.25, 0.3) is 5.91 Å². The second-order valence-electron chi connectivity index (χ2n) is 4.82. The van der Waals surface area contributed by atoms with Gasteiger partial charge in [-0.3, -0.25) is 4.79 Å². The number of nitrogens with one attached hydrogen (secondary N) is 1. The molecule has 0 aliphatic carbocycles. The fourth-order valence-corrected chi connectivity index (χ4v) is 0.949. The van der Waals surface area contributed by atoms with Crippen LogP contribution in [0.4, 0.5) is 5.82 Å². The Morgan fingerprint density at radius 2 is 2.12 bits per heavy atom. The number of anilines is 1. The summed E-state index contributed by atoms with van der Waals surface area (Å²) in [6.45, 7) is 8.94. The first kappa shape index (κ1) is 12.5. The van der Waals surface area contributed by atoms with Crippen molar-refractivity contribution in [2.75, 3.05) is 12.3 Å². The minimum absolute atomic E-state index is 0.0138. The van der Waals surface area contributed by atoms with Crippen LogP contribution in [0.5, 0.6) is 0 Å². The van der Waals surface area contributed by atoms with Crippen LogP contribution >= 0.6 is 0 Å². The van der Waals surface area contributed by atoms with Gasteiger partial charge < -0.3 is 11.1 Å². The van der Waals surface area contributed by atoms with Gasteiger partial charge in [0.05, 0.1) is 0 Å². The van der Waals surface area contributed by atoms with E-state index in [4.69, 9.17) is 5.73 Å². The number of amides is 1. The summed E-state index contributed by atoms with van der Waals surface area (Å²) in [5.41, 5.74) is 5.47. The highest BCUT2D eigenvalue weighted by Gasteiger charge is 2.24. The minimum Gasteiger partial charge on any atom is -0.379 e. The molecule has 6 heteroatoms. The Balaban J connectivity index is 2.58. The first-order chi connectivity index (χ1) is 7.34. The van der Waals surface area contributed by atoms with Crippen LogP contribution in [0.25, 0.3) is 0 Å². The van der Waals surface area contributed by atoms with Gasteiger partial charge in [0.1, 0.15) is 0 Å². The van der Waals surface area contributed by atoms with Crippen LogP contribution in [-0.2, 0) is 0 Å². The van der Waals surface area contributed by atoms with Gasteiger partial charge in [0.15, 0.2) is 0 Å². The lowest BCUT2D eigenvalue weighted by atomic mass is 9.81.